The van der Waals surface area contributed by atoms with Crippen molar-refractivity contribution in [3.63, 3.8) is 0 Å². The fourth-order valence-electron chi connectivity index (χ4n) is 1.25. The predicted molar refractivity (Wildman–Crippen MR) is 70.5 cm³/mol. The summed E-state index contributed by atoms with van der Waals surface area (Å²) in [7, 11) is 0. The first-order valence-electron chi connectivity index (χ1n) is 4.70. The lowest BCUT2D eigenvalue weighted by Crippen LogP contribution is -2.00. The van der Waals surface area contributed by atoms with E-state index < -0.39 is 0 Å². The van der Waals surface area contributed by atoms with Crippen molar-refractivity contribution in [3.8, 4) is 9.88 Å². The van der Waals surface area contributed by atoms with E-state index in [0.29, 0.717) is 0 Å². The number of rotatable bonds is 4. The number of aryl methyl sites for hydroxylation is 1. The van der Waals surface area contributed by atoms with Crippen molar-refractivity contribution in [2.24, 2.45) is 5.73 Å². The highest BCUT2D eigenvalue weighted by atomic mass is 79.9. The van der Waals surface area contributed by atoms with Crippen molar-refractivity contribution in [2.75, 3.05) is 6.54 Å². The molecule has 0 fully saturated rings. The maximum absolute atomic E-state index is 5.47. The van der Waals surface area contributed by atoms with Crippen LogP contribution in [0.15, 0.2) is 21.3 Å². The van der Waals surface area contributed by atoms with Crippen LogP contribution in [0.2, 0.25) is 0 Å². The fraction of sp³-hybridized carbons (Fsp3) is 0.300. The lowest BCUT2D eigenvalue weighted by Gasteiger charge is -1.91. The zero-order valence-electron chi connectivity index (χ0n) is 8.07. The van der Waals surface area contributed by atoms with E-state index in [1.165, 1.54) is 4.88 Å². The summed E-state index contributed by atoms with van der Waals surface area (Å²) >= 11 is 6.88. The van der Waals surface area contributed by atoms with Crippen LogP contribution in [0.1, 0.15) is 12.1 Å². The molecule has 2 N–H and O–H groups in total. The summed E-state index contributed by atoms with van der Waals surface area (Å²) in [4.78, 5) is 5.81. The molecule has 2 heterocycles. The van der Waals surface area contributed by atoms with Crippen LogP contribution in [0, 0.1) is 0 Å². The van der Waals surface area contributed by atoms with Crippen molar-refractivity contribution in [3.05, 3.63) is 27.0 Å². The summed E-state index contributed by atoms with van der Waals surface area (Å²) < 4.78 is 1.15. The van der Waals surface area contributed by atoms with E-state index in [4.69, 9.17) is 5.73 Å². The SMILES string of the molecule is NCCCc1csc(-c2ccc(Br)s2)n1. The molecule has 0 spiro atoms. The van der Waals surface area contributed by atoms with Crippen LogP contribution in [0.5, 0.6) is 0 Å². The summed E-state index contributed by atoms with van der Waals surface area (Å²) in [6.07, 6.45) is 2.00. The smallest absolute Gasteiger partial charge is 0.133 e. The molecule has 0 radical (unpaired) electrons. The topological polar surface area (TPSA) is 38.9 Å². The van der Waals surface area contributed by atoms with Gasteiger partial charge in [-0.2, -0.15) is 0 Å². The number of nitrogens with zero attached hydrogens (tertiary/aromatic N) is 1. The largest absolute Gasteiger partial charge is 0.330 e. The van der Waals surface area contributed by atoms with Crippen LogP contribution in [-0.4, -0.2) is 11.5 Å². The van der Waals surface area contributed by atoms with Gasteiger partial charge < -0.3 is 5.73 Å². The van der Waals surface area contributed by atoms with E-state index in [1.807, 2.05) is 0 Å². The number of thiophene rings is 1. The highest BCUT2D eigenvalue weighted by molar-refractivity contribution is 9.11. The van der Waals surface area contributed by atoms with Gasteiger partial charge in [-0.1, -0.05) is 0 Å². The first kappa shape index (κ1) is 11.3. The third-order valence-corrected chi connectivity index (χ3v) is 4.66. The molecule has 2 nitrogen and oxygen atoms in total. The molecule has 15 heavy (non-hydrogen) atoms. The Hall–Kier alpha value is -0.230. The molecule has 0 aromatic carbocycles. The number of halogens is 1. The molecule has 5 heteroatoms. The standard InChI is InChI=1S/C10H11BrN2S2/c11-9-4-3-8(15-9)10-13-7(6-14-10)2-1-5-12/h3-4,6H,1-2,5,12H2. The van der Waals surface area contributed by atoms with Gasteiger partial charge in [-0.15, -0.1) is 22.7 Å². The van der Waals surface area contributed by atoms with Crippen molar-refractivity contribution < 1.29 is 0 Å². The Morgan fingerprint density at radius 2 is 2.27 bits per heavy atom. The lowest BCUT2D eigenvalue weighted by molar-refractivity contribution is 0.816. The Bertz CT molecular complexity index is 436. The van der Waals surface area contributed by atoms with Gasteiger partial charge in [0.05, 0.1) is 14.4 Å². The van der Waals surface area contributed by atoms with E-state index in [0.717, 1.165) is 33.9 Å². The second-order valence-electron chi connectivity index (χ2n) is 3.14. The van der Waals surface area contributed by atoms with E-state index in [-0.39, 0.29) is 0 Å². The van der Waals surface area contributed by atoms with Gasteiger partial charge >= 0.3 is 0 Å². The van der Waals surface area contributed by atoms with E-state index in [2.05, 4.69) is 38.4 Å². The summed E-state index contributed by atoms with van der Waals surface area (Å²) in [6, 6.07) is 4.15. The summed E-state index contributed by atoms with van der Waals surface area (Å²) in [5.74, 6) is 0. The monoisotopic (exact) mass is 302 g/mol. The molecular formula is C10H11BrN2S2. The highest BCUT2D eigenvalue weighted by Crippen LogP contribution is 2.33. The molecule has 80 valence electrons. The minimum absolute atomic E-state index is 0.734. The molecule has 0 amide bonds. The third-order valence-electron chi connectivity index (χ3n) is 1.97. The van der Waals surface area contributed by atoms with Gasteiger partial charge in [0, 0.05) is 5.38 Å². The molecule has 0 unspecified atom stereocenters. The quantitative estimate of drug-likeness (QED) is 0.938. The number of hydrogen-bond donors (Lipinski definition) is 1. The number of nitrogens with two attached hydrogens (primary N) is 1. The molecule has 0 bridgehead atoms. The Kier molecular flexibility index (Phi) is 3.91. The minimum atomic E-state index is 0.734. The van der Waals surface area contributed by atoms with Crippen LogP contribution < -0.4 is 5.73 Å². The van der Waals surface area contributed by atoms with Gasteiger partial charge in [0.1, 0.15) is 5.01 Å². The molecule has 2 aromatic rings. The second kappa shape index (κ2) is 5.21. The number of hydrogen-bond acceptors (Lipinski definition) is 4. The third kappa shape index (κ3) is 2.87. The molecule has 0 aliphatic rings. The van der Waals surface area contributed by atoms with Gasteiger partial charge in [-0.3, -0.25) is 0 Å². The Balaban J connectivity index is 2.13. The summed E-state index contributed by atoms with van der Waals surface area (Å²) in [6.45, 7) is 0.734. The maximum atomic E-state index is 5.47. The van der Waals surface area contributed by atoms with Crippen LogP contribution in [-0.2, 0) is 6.42 Å². The Morgan fingerprint density at radius 3 is 2.93 bits per heavy atom. The van der Waals surface area contributed by atoms with E-state index in [1.54, 1.807) is 22.7 Å². The molecule has 0 aliphatic heterocycles. The molecule has 0 saturated carbocycles. The number of thiazole rings is 1. The van der Waals surface area contributed by atoms with Gasteiger partial charge in [0.15, 0.2) is 0 Å². The zero-order chi connectivity index (χ0) is 10.7. The van der Waals surface area contributed by atoms with Crippen LogP contribution >= 0.6 is 38.6 Å². The average Bonchev–Trinajstić information content (AvgIpc) is 2.83. The zero-order valence-corrected chi connectivity index (χ0v) is 11.3. The average molecular weight is 303 g/mol. The van der Waals surface area contributed by atoms with E-state index in [9.17, 15) is 0 Å². The van der Waals surface area contributed by atoms with Crippen LogP contribution in [0.3, 0.4) is 0 Å². The van der Waals surface area contributed by atoms with Crippen molar-refractivity contribution in [1.29, 1.82) is 0 Å². The summed E-state index contributed by atoms with van der Waals surface area (Å²) in [5.41, 5.74) is 6.63. The first-order valence-corrected chi connectivity index (χ1v) is 7.18. The summed E-state index contributed by atoms with van der Waals surface area (Å²) in [5, 5.41) is 3.23. The normalized spacial score (nSPS) is 10.8. The molecule has 2 rings (SSSR count). The predicted octanol–water partition coefficient (Wildman–Crippen LogP) is 3.53. The van der Waals surface area contributed by atoms with Crippen LogP contribution in [0.4, 0.5) is 0 Å². The first-order chi connectivity index (χ1) is 7.29. The van der Waals surface area contributed by atoms with Gasteiger partial charge in [-0.25, -0.2) is 4.98 Å². The lowest BCUT2D eigenvalue weighted by atomic mass is 10.2. The Labute approximate surface area is 105 Å². The van der Waals surface area contributed by atoms with Gasteiger partial charge in [-0.05, 0) is 47.4 Å². The van der Waals surface area contributed by atoms with Crippen molar-refractivity contribution in [2.45, 2.75) is 12.8 Å². The van der Waals surface area contributed by atoms with E-state index >= 15 is 0 Å². The maximum Gasteiger partial charge on any atom is 0.133 e. The molecule has 2 aromatic heterocycles. The molecular weight excluding hydrogens is 292 g/mol. The highest BCUT2D eigenvalue weighted by Gasteiger charge is 2.06. The van der Waals surface area contributed by atoms with Crippen molar-refractivity contribution >= 4 is 38.6 Å². The van der Waals surface area contributed by atoms with Gasteiger partial charge in [0.25, 0.3) is 0 Å². The minimum Gasteiger partial charge on any atom is -0.330 e. The number of aromatic nitrogens is 1. The van der Waals surface area contributed by atoms with Crippen LogP contribution in [0.25, 0.3) is 9.88 Å². The van der Waals surface area contributed by atoms with Crippen molar-refractivity contribution in [1.82, 2.24) is 4.98 Å². The fourth-order valence-corrected chi connectivity index (χ4v) is 3.56. The molecule has 0 aliphatic carbocycles. The molecule has 0 saturated heterocycles. The van der Waals surface area contributed by atoms with Gasteiger partial charge in [0.2, 0.25) is 0 Å². The molecule has 0 atom stereocenters. The Morgan fingerprint density at radius 1 is 1.40 bits per heavy atom. The second-order valence-corrected chi connectivity index (χ2v) is 6.46.